The Labute approximate surface area is 171 Å². The van der Waals surface area contributed by atoms with Gasteiger partial charge < -0.3 is 19.7 Å². The van der Waals surface area contributed by atoms with E-state index in [4.69, 9.17) is 4.98 Å². The van der Waals surface area contributed by atoms with Crippen molar-refractivity contribution >= 4 is 22.8 Å². The summed E-state index contributed by atoms with van der Waals surface area (Å²) in [6.45, 7) is 2.18. The molecule has 0 atom stereocenters. The summed E-state index contributed by atoms with van der Waals surface area (Å²) in [7, 11) is 0. The maximum Gasteiger partial charge on any atom is 0.156 e. The van der Waals surface area contributed by atoms with Crippen LogP contribution < -0.4 is 10.0 Å². The van der Waals surface area contributed by atoms with Crippen LogP contribution in [0.5, 0.6) is 0 Å². The summed E-state index contributed by atoms with van der Waals surface area (Å²) in [5.41, 5.74) is 2.59. The molecular formula is C20H19N8O2-. The molecule has 1 aliphatic rings. The van der Waals surface area contributed by atoms with E-state index < -0.39 is 6.09 Å². The van der Waals surface area contributed by atoms with Gasteiger partial charge in [-0.15, -0.1) is 0 Å². The first-order valence-corrected chi connectivity index (χ1v) is 9.70. The zero-order valence-electron chi connectivity index (χ0n) is 16.1. The maximum absolute atomic E-state index is 11.2. The molecule has 10 nitrogen and oxygen atoms in total. The lowest BCUT2D eigenvalue weighted by Crippen LogP contribution is -2.43. The summed E-state index contributed by atoms with van der Waals surface area (Å²) in [5, 5.41) is 23.4. The zero-order chi connectivity index (χ0) is 20.5. The molecule has 1 saturated heterocycles. The van der Waals surface area contributed by atoms with Crippen LogP contribution in [0.3, 0.4) is 0 Å². The number of anilines is 1. The predicted molar refractivity (Wildman–Crippen MR) is 108 cm³/mol. The van der Waals surface area contributed by atoms with Crippen LogP contribution in [-0.4, -0.2) is 67.1 Å². The van der Waals surface area contributed by atoms with Gasteiger partial charge in [0.15, 0.2) is 5.82 Å². The number of carbonyl (C=O) groups excluding carboxylic acids is 1. The van der Waals surface area contributed by atoms with E-state index in [2.05, 4.69) is 25.2 Å². The molecule has 5 heterocycles. The van der Waals surface area contributed by atoms with E-state index in [0.717, 1.165) is 40.9 Å². The average Bonchev–Trinajstić information content (AvgIpc) is 3.37. The number of hydrogen-bond donors (Lipinski definition) is 1. The molecule has 4 aromatic rings. The first-order chi connectivity index (χ1) is 14.7. The molecule has 1 fully saturated rings. The highest BCUT2D eigenvalue weighted by atomic mass is 16.4. The van der Waals surface area contributed by atoms with Crippen LogP contribution in [0, 0.1) is 0 Å². The molecule has 0 bridgehead atoms. The van der Waals surface area contributed by atoms with Gasteiger partial charge in [-0.25, -0.2) is 9.67 Å². The van der Waals surface area contributed by atoms with Crippen LogP contribution in [0.25, 0.3) is 28.0 Å². The van der Waals surface area contributed by atoms with Crippen molar-refractivity contribution in [3.63, 3.8) is 0 Å². The highest BCUT2D eigenvalue weighted by molar-refractivity contribution is 5.83. The molecule has 30 heavy (non-hydrogen) atoms. The largest absolute Gasteiger partial charge is 0.530 e. The second kappa shape index (κ2) is 7.47. The summed E-state index contributed by atoms with van der Waals surface area (Å²) in [5.74, 6) is 1.48. The molecule has 1 N–H and O–H groups in total. The second-order valence-corrected chi connectivity index (χ2v) is 7.12. The zero-order valence-corrected chi connectivity index (χ0v) is 16.1. The number of nitrogens with one attached hydrogen (secondary N) is 1. The fourth-order valence-electron chi connectivity index (χ4n) is 3.69. The topological polar surface area (TPSA) is 119 Å². The van der Waals surface area contributed by atoms with Crippen LogP contribution in [0.4, 0.5) is 10.6 Å². The molecule has 152 valence electrons. The maximum atomic E-state index is 11.2. The third kappa shape index (κ3) is 3.32. The lowest BCUT2D eigenvalue weighted by Gasteiger charge is -2.24. The van der Waals surface area contributed by atoms with Crippen LogP contribution in [0.15, 0.2) is 49.1 Å². The van der Waals surface area contributed by atoms with Crippen molar-refractivity contribution in [3.8, 4) is 17.1 Å². The summed E-state index contributed by atoms with van der Waals surface area (Å²) in [4.78, 5) is 23.9. The number of hydrogen-bond acceptors (Lipinski definition) is 7. The smallest absolute Gasteiger partial charge is 0.156 e. The molecule has 0 aromatic carbocycles. The Morgan fingerprint density at radius 1 is 1.07 bits per heavy atom. The van der Waals surface area contributed by atoms with Gasteiger partial charge in [0.1, 0.15) is 11.9 Å². The van der Waals surface area contributed by atoms with E-state index in [0.29, 0.717) is 25.5 Å². The van der Waals surface area contributed by atoms with Crippen LogP contribution in [0.1, 0.15) is 6.42 Å². The fourth-order valence-corrected chi connectivity index (χ4v) is 3.69. The number of aromatic nitrogens is 6. The molecule has 1 aliphatic heterocycles. The first-order valence-electron chi connectivity index (χ1n) is 9.70. The van der Waals surface area contributed by atoms with Crippen molar-refractivity contribution in [2.24, 2.45) is 0 Å². The summed E-state index contributed by atoms with van der Waals surface area (Å²) < 4.78 is 1.79. The minimum atomic E-state index is -1.12. The van der Waals surface area contributed by atoms with Gasteiger partial charge >= 0.3 is 0 Å². The third-order valence-electron chi connectivity index (χ3n) is 5.26. The molecule has 0 spiro atoms. The molecule has 0 saturated carbocycles. The molecule has 4 aromatic heterocycles. The SMILES string of the molecule is O=C([O-])N1CCCN(c2cccc(-n3ncc4cnc(-c5cn[nH]c5)cc43)n2)CC1. The monoisotopic (exact) mass is 403 g/mol. The number of carboxylic acid groups (broad SMARTS) is 1. The van der Waals surface area contributed by atoms with Crippen molar-refractivity contribution in [1.82, 2.24) is 34.8 Å². The van der Waals surface area contributed by atoms with E-state index >= 15 is 0 Å². The normalized spacial score (nSPS) is 14.8. The Kier molecular flexibility index (Phi) is 4.51. The quantitative estimate of drug-likeness (QED) is 0.543. The van der Waals surface area contributed by atoms with Crippen LogP contribution in [-0.2, 0) is 0 Å². The number of nitrogens with zero attached hydrogens (tertiary/aromatic N) is 7. The Hall–Kier alpha value is -3.95. The van der Waals surface area contributed by atoms with Crippen molar-refractivity contribution < 1.29 is 9.90 Å². The van der Waals surface area contributed by atoms with Gasteiger partial charge in [-0.1, -0.05) is 6.07 Å². The fraction of sp³-hybridized carbons (Fsp3) is 0.250. The molecule has 1 amide bonds. The highest BCUT2D eigenvalue weighted by Gasteiger charge is 2.17. The molecule has 0 aliphatic carbocycles. The average molecular weight is 403 g/mol. The van der Waals surface area contributed by atoms with E-state index in [1.54, 1.807) is 29.5 Å². The number of carbonyl (C=O) groups is 1. The Balaban J connectivity index is 1.47. The van der Waals surface area contributed by atoms with Gasteiger partial charge in [-0.3, -0.25) is 10.1 Å². The van der Waals surface area contributed by atoms with Crippen molar-refractivity contribution in [3.05, 3.63) is 49.1 Å². The Bertz CT molecular complexity index is 1190. The molecule has 10 heteroatoms. The Morgan fingerprint density at radius 2 is 1.97 bits per heavy atom. The van der Waals surface area contributed by atoms with Crippen LogP contribution in [0.2, 0.25) is 0 Å². The number of H-pyrrole nitrogens is 1. The minimum Gasteiger partial charge on any atom is -0.530 e. The standard InChI is InChI=1S/C20H20N8O2/c29-20(30)27-6-2-5-26(7-8-27)18-3-1-4-19(25-18)28-17-9-16(14-11-22-23-12-14)21-10-15(17)13-24-28/h1,3-4,9-13H,2,5-8H2,(H,22,23)(H,29,30)/p-1. The molecular weight excluding hydrogens is 384 g/mol. The number of fused-ring (bicyclic) bond motifs is 1. The van der Waals surface area contributed by atoms with E-state index in [1.807, 2.05) is 24.3 Å². The van der Waals surface area contributed by atoms with Gasteiger partial charge in [0.25, 0.3) is 0 Å². The molecule has 0 radical (unpaired) electrons. The number of pyridine rings is 2. The minimum absolute atomic E-state index is 0.401. The van der Waals surface area contributed by atoms with Gasteiger partial charge in [-0.05, 0) is 24.6 Å². The van der Waals surface area contributed by atoms with Crippen LogP contribution >= 0.6 is 0 Å². The summed E-state index contributed by atoms with van der Waals surface area (Å²) in [6, 6.07) is 7.73. The van der Waals surface area contributed by atoms with E-state index in [1.165, 1.54) is 4.90 Å². The summed E-state index contributed by atoms with van der Waals surface area (Å²) >= 11 is 0. The van der Waals surface area contributed by atoms with Crippen molar-refractivity contribution in [2.45, 2.75) is 6.42 Å². The number of amides is 1. The van der Waals surface area contributed by atoms with Gasteiger partial charge in [0.05, 0.1) is 23.6 Å². The predicted octanol–water partition coefficient (Wildman–Crippen LogP) is 1.06. The van der Waals surface area contributed by atoms with E-state index in [-0.39, 0.29) is 0 Å². The molecule has 5 rings (SSSR count). The van der Waals surface area contributed by atoms with Crippen molar-refractivity contribution in [2.75, 3.05) is 31.1 Å². The number of aromatic amines is 1. The summed E-state index contributed by atoms with van der Waals surface area (Å²) in [6.07, 6.45) is 6.67. The third-order valence-corrected chi connectivity index (χ3v) is 5.26. The van der Waals surface area contributed by atoms with Gasteiger partial charge in [0.2, 0.25) is 0 Å². The molecule has 0 unspecified atom stereocenters. The first kappa shape index (κ1) is 18.1. The Morgan fingerprint density at radius 3 is 2.80 bits per heavy atom. The second-order valence-electron chi connectivity index (χ2n) is 7.12. The van der Waals surface area contributed by atoms with Gasteiger partial charge in [0, 0.05) is 49.5 Å². The van der Waals surface area contributed by atoms with E-state index in [9.17, 15) is 9.90 Å². The highest BCUT2D eigenvalue weighted by Crippen LogP contribution is 2.24. The number of rotatable bonds is 3. The lowest BCUT2D eigenvalue weighted by molar-refractivity contribution is -0.265. The van der Waals surface area contributed by atoms with Gasteiger partial charge in [-0.2, -0.15) is 10.2 Å². The van der Waals surface area contributed by atoms with Crippen molar-refractivity contribution in [1.29, 1.82) is 0 Å². The lowest BCUT2D eigenvalue weighted by atomic mass is 10.2.